The number of nitrogens with one attached hydrogen (secondary N) is 1. The largest absolute Gasteiger partial charge is 0.372 e. The topological polar surface area (TPSA) is 58.6 Å². The van der Waals surface area contributed by atoms with Gasteiger partial charge in [-0.3, -0.25) is 0 Å². The van der Waals surface area contributed by atoms with Crippen LogP contribution in [0.5, 0.6) is 0 Å². The second-order valence-corrected chi connectivity index (χ2v) is 7.00. The zero-order valence-corrected chi connectivity index (χ0v) is 12.4. The summed E-state index contributed by atoms with van der Waals surface area (Å²) in [6.07, 6.45) is 0.382. The normalized spacial score (nSPS) is 24.0. The standard InChI is InChI=1S/C12H17ClN2O3S/c1-15(2)19(16,17)14-11-7-8-18-12(11)9-3-5-10(13)6-4-9/h3-6,11-12,14H,7-8H2,1-2H3/t11-,12-/m1/s1. The van der Waals surface area contributed by atoms with Gasteiger partial charge < -0.3 is 4.74 Å². The molecule has 0 bridgehead atoms. The molecule has 106 valence electrons. The van der Waals surface area contributed by atoms with Gasteiger partial charge in [-0.1, -0.05) is 23.7 Å². The van der Waals surface area contributed by atoms with Gasteiger partial charge in [0.15, 0.2) is 0 Å². The molecule has 0 radical (unpaired) electrons. The Balaban J connectivity index is 2.15. The van der Waals surface area contributed by atoms with Gasteiger partial charge in [0.1, 0.15) is 0 Å². The minimum atomic E-state index is -3.45. The highest BCUT2D eigenvalue weighted by Gasteiger charge is 2.33. The molecule has 1 aliphatic rings. The van der Waals surface area contributed by atoms with E-state index in [-0.39, 0.29) is 12.1 Å². The van der Waals surface area contributed by atoms with Crippen LogP contribution in [0.4, 0.5) is 0 Å². The Morgan fingerprint density at radius 3 is 2.53 bits per heavy atom. The summed E-state index contributed by atoms with van der Waals surface area (Å²) in [6, 6.07) is 7.00. The summed E-state index contributed by atoms with van der Waals surface area (Å²) in [5.41, 5.74) is 0.924. The number of ether oxygens (including phenoxy) is 1. The van der Waals surface area contributed by atoms with Crippen LogP contribution >= 0.6 is 11.6 Å². The molecule has 1 aliphatic heterocycles. The van der Waals surface area contributed by atoms with Gasteiger partial charge in [0.2, 0.25) is 0 Å². The first-order chi connectivity index (χ1) is 8.90. The van der Waals surface area contributed by atoms with E-state index < -0.39 is 10.2 Å². The number of hydrogen-bond acceptors (Lipinski definition) is 3. The molecule has 1 aromatic carbocycles. The van der Waals surface area contributed by atoms with Gasteiger partial charge in [0, 0.05) is 25.7 Å². The maximum Gasteiger partial charge on any atom is 0.279 e. The zero-order valence-electron chi connectivity index (χ0n) is 10.8. The quantitative estimate of drug-likeness (QED) is 0.918. The van der Waals surface area contributed by atoms with E-state index in [9.17, 15) is 8.42 Å². The molecule has 2 rings (SSSR count). The van der Waals surface area contributed by atoms with Gasteiger partial charge in [-0.15, -0.1) is 0 Å². The van der Waals surface area contributed by atoms with Crippen LogP contribution in [-0.2, 0) is 14.9 Å². The Kier molecular flexibility index (Phi) is 4.47. The van der Waals surface area contributed by atoms with E-state index in [0.717, 1.165) is 9.87 Å². The van der Waals surface area contributed by atoms with Crippen LogP contribution in [0.2, 0.25) is 5.02 Å². The van der Waals surface area contributed by atoms with Crippen molar-refractivity contribution in [3.8, 4) is 0 Å². The van der Waals surface area contributed by atoms with Crippen molar-refractivity contribution in [2.24, 2.45) is 0 Å². The monoisotopic (exact) mass is 304 g/mol. The van der Waals surface area contributed by atoms with E-state index in [4.69, 9.17) is 16.3 Å². The first-order valence-corrected chi connectivity index (χ1v) is 7.79. The molecule has 1 fully saturated rings. The predicted molar refractivity (Wildman–Crippen MR) is 74.3 cm³/mol. The number of benzene rings is 1. The minimum Gasteiger partial charge on any atom is -0.372 e. The number of rotatable bonds is 4. The lowest BCUT2D eigenvalue weighted by molar-refractivity contribution is 0.102. The third-order valence-electron chi connectivity index (χ3n) is 3.07. The van der Waals surface area contributed by atoms with Crippen molar-refractivity contribution >= 4 is 21.8 Å². The van der Waals surface area contributed by atoms with Crippen molar-refractivity contribution in [3.05, 3.63) is 34.9 Å². The van der Waals surface area contributed by atoms with Crippen LogP contribution in [0.3, 0.4) is 0 Å². The lowest BCUT2D eigenvalue weighted by Crippen LogP contribution is -2.43. The van der Waals surface area contributed by atoms with E-state index in [1.54, 1.807) is 12.1 Å². The molecular formula is C12H17ClN2O3S. The second kappa shape index (κ2) is 5.76. The highest BCUT2D eigenvalue weighted by Crippen LogP contribution is 2.30. The summed E-state index contributed by atoms with van der Waals surface area (Å²) in [5.74, 6) is 0. The molecule has 0 aromatic heterocycles. The van der Waals surface area contributed by atoms with Gasteiger partial charge in [0.25, 0.3) is 10.2 Å². The molecular weight excluding hydrogens is 288 g/mol. The fraction of sp³-hybridized carbons (Fsp3) is 0.500. The lowest BCUT2D eigenvalue weighted by Gasteiger charge is -2.22. The van der Waals surface area contributed by atoms with Crippen molar-refractivity contribution < 1.29 is 13.2 Å². The second-order valence-electron chi connectivity index (χ2n) is 4.64. The summed E-state index contributed by atoms with van der Waals surface area (Å²) in [7, 11) is -0.462. The molecule has 0 amide bonds. The van der Waals surface area contributed by atoms with Crippen LogP contribution < -0.4 is 4.72 Å². The molecule has 19 heavy (non-hydrogen) atoms. The third-order valence-corrected chi connectivity index (χ3v) is 4.89. The smallest absolute Gasteiger partial charge is 0.279 e. The lowest BCUT2D eigenvalue weighted by atomic mass is 10.0. The van der Waals surface area contributed by atoms with E-state index in [2.05, 4.69) is 4.72 Å². The van der Waals surface area contributed by atoms with Crippen LogP contribution in [0, 0.1) is 0 Å². The summed E-state index contributed by atoms with van der Waals surface area (Å²) in [6.45, 7) is 0.536. The summed E-state index contributed by atoms with van der Waals surface area (Å²) >= 11 is 5.84. The molecule has 0 saturated carbocycles. The Bertz CT molecular complexity index is 530. The van der Waals surface area contributed by atoms with E-state index in [0.29, 0.717) is 18.1 Å². The highest BCUT2D eigenvalue weighted by atomic mass is 35.5. The zero-order chi connectivity index (χ0) is 14.0. The molecule has 7 heteroatoms. The third kappa shape index (κ3) is 3.46. The fourth-order valence-corrected chi connectivity index (χ4v) is 2.95. The molecule has 1 heterocycles. The van der Waals surface area contributed by atoms with Crippen LogP contribution in [0.25, 0.3) is 0 Å². The molecule has 1 N–H and O–H groups in total. The Labute approximate surface area is 118 Å². The van der Waals surface area contributed by atoms with Crippen LogP contribution in [0.1, 0.15) is 18.1 Å². The maximum absolute atomic E-state index is 11.9. The average Bonchev–Trinajstić information content (AvgIpc) is 2.77. The van der Waals surface area contributed by atoms with Gasteiger partial charge in [-0.2, -0.15) is 17.4 Å². The maximum atomic E-state index is 11.9. The number of halogens is 1. The SMILES string of the molecule is CN(C)S(=O)(=O)N[C@@H]1CCO[C@@H]1c1ccc(Cl)cc1. The van der Waals surface area contributed by atoms with Crippen molar-refractivity contribution in [2.75, 3.05) is 20.7 Å². The van der Waals surface area contributed by atoms with E-state index >= 15 is 0 Å². The fourth-order valence-electron chi connectivity index (χ4n) is 1.99. The number of nitrogens with zero attached hydrogens (tertiary/aromatic N) is 1. The van der Waals surface area contributed by atoms with Gasteiger partial charge >= 0.3 is 0 Å². The highest BCUT2D eigenvalue weighted by molar-refractivity contribution is 7.87. The molecule has 0 spiro atoms. The molecule has 0 aliphatic carbocycles. The van der Waals surface area contributed by atoms with Crippen molar-refractivity contribution in [3.63, 3.8) is 0 Å². The Morgan fingerprint density at radius 2 is 1.95 bits per heavy atom. The summed E-state index contributed by atoms with van der Waals surface area (Å²) in [4.78, 5) is 0. The minimum absolute atomic E-state index is 0.256. The summed E-state index contributed by atoms with van der Waals surface area (Å²) < 4.78 is 33.2. The molecule has 5 nitrogen and oxygen atoms in total. The summed E-state index contributed by atoms with van der Waals surface area (Å²) in [5, 5.41) is 0.646. The molecule has 1 saturated heterocycles. The Hall–Kier alpha value is -0.660. The molecule has 2 atom stereocenters. The van der Waals surface area contributed by atoms with Gasteiger partial charge in [-0.05, 0) is 24.1 Å². The van der Waals surface area contributed by atoms with Gasteiger partial charge in [0.05, 0.1) is 12.1 Å². The van der Waals surface area contributed by atoms with E-state index in [1.165, 1.54) is 14.1 Å². The average molecular weight is 305 g/mol. The first-order valence-electron chi connectivity index (χ1n) is 5.97. The van der Waals surface area contributed by atoms with Crippen molar-refractivity contribution in [2.45, 2.75) is 18.6 Å². The Morgan fingerprint density at radius 1 is 1.32 bits per heavy atom. The van der Waals surface area contributed by atoms with Gasteiger partial charge in [-0.25, -0.2) is 0 Å². The van der Waals surface area contributed by atoms with Crippen molar-refractivity contribution in [1.29, 1.82) is 0 Å². The number of hydrogen-bond donors (Lipinski definition) is 1. The first kappa shape index (κ1) is 14.7. The van der Waals surface area contributed by atoms with Crippen molar-refractivity contribution in [1.82, 2.24) is 9.03 Å². The van der Waals surface area contributed by atoms with Crippen LogP contribution in [0.15, 0.2) is 24.3 Å². The van der Waals surface area contributed by atoms with Crippen LogP contribution in [-0.4, -0.2) is 39.5 Å². The molecule has 1 aromatic rings. The molecule has 0 unspecified atom stereocenters. The van der Waals surface area contributed by atoms with E-state index in [1.807, 2.05) is 12.1 Å². The predicted octanol–water partition coefficient (Wildman–Crippen LogP) is 1.57.